The molecule has 92 valence electrons. The minimum atomic E-state index is -0.372. The topological polar surface area (TPSA) is 48.4 Å². The number of benzene rings is 1. The Hall–Kier alpha value is -2.36. The summed E-state index contributed by atoms with van der Waals surface area (Å²) in [5, 5.41) is 0. The van der Waals surface area contributed by atoms with E-state index < -0.39 is 0 Å². The number of esters is 1. The molecule has 0 bridgehead atoms. The molecule has 0 spiro atoms. The fraction of sp³-hybridized carbons (Fsp3) is 0.143. The van der Waals surface area contributed by atoms with Gasteiger partial charge in [-0.1, -0.05) is 6.07 Å². The van der Waals surface area contributed by atoms with E-state index in [0.29, 0.717) is 11.3 Å². The summed E-state index contributed by atoms with van der Waals surface area (Å²) >= 11 is 0. The van der Waals surface area contributed by atoms with Gasteiger partial charge in [-0.05, 0) is 36.4 Å². The molecule has 2 aromatic rings. The molecule has 0 aliphatic carbocycles. The average Bonchev–Trinajstić information content (AvgIpc) is 2.46. The summed E-state index contributed by atoms with van der Waals surface area (Å²) in [6.07, 6.45) is 1.66. The lowest BCUT2D eigenvalue weighted by atomic mass is 10.2. The van der Waals surface area contributed by atoms with Gasteiger partial charge >= 0.3 is 5.97 Å². The number of methoxy groups -OCH3 is 1. The van der Waals surface area contributed by atoms with Crippen LogP contribution in [0.15, 0.2) is 48.7 Å². The minimum absolute atomic E-state index is 0.172. The third kappa shape index (κ3) is 3.07. The Morgan fingerprint density at radius 3 is 2.56 bits per heavy atom. The standard InChI is InChI=1S/C14H13NO3/c1-17-13-7-5-11(6-8-13)14(16)18-10-12-4-2-3-9-15-12/h2-9H,10H2,1H3. The first-order chi connectivity index (χ1) is 8.79. The molecule has 1 heterocycles. The molecule has 0 atom stereocenters. The molecule has 18 heavy (non-hydrogen) atoms. The van der Waals surface area contributed by atoms with Gasteiger partial charge in [-0.3, -0.25) is 4.98 Å². The summed E-state index contributed by atoms with van der Waals surface area (Å²) in [5.41, 5.74) is 1.21. The van der Waals surface area contributed by atoms with Gasteiger partial charge in [-0.25, -0.2) is 4.79 Å². The van der Waals surface area contributed by atoms with E-state index in [2.05, 4.69) is 4.98 Å². The fourth-order valence-electron chi connectivity index (χ4n) is 1.43. The van der Waals surface area contributed by atoms with Crippen LogP contribution in [0.3, 0.4) is 0 Å². The highest BCUT2D eigenvalue weighted by molar-refractivity contribution is 5.89. The molecule has 0 saturated heterocycles. The van der Waals surface area contributed by atoms with Crippen molar-refractivity contribution >= 4 is 5.97 Å². The smallest absolute Gasteiger partial charge is 0.338 e. The van der Waals surface area contributed by atoms with Crippen molar-refractivity contribution in [3.8, 4) is 5.75 Å². The molecular formula is C14H13NO3. The lowest BCUT2D eigenvalue weighted by Crippen LogP contribution is -2.05. The van der Waals surface area contributed by atoms with Crippen molar-refractivity contribution in [3.05, 3.63) is 59.9 Å². The largest absolute Gasteiger partial charge is 0.497 e. The van der Waals surface area contributed by atoms with Crippen molar-refractivity contribution in [1.29, 1.82) is 0 Å². The number of rotatable bonds is 4. The molecule has 4 nitrogen and oxygen atoms in total. The number of hydrogen-bond acceptors (Lipinski definition) is 4. The summed E-state index contributed by atoms with van der Waals surface area (Å²) in [7, 11) is 1.58. The maximum atomic E-state index is 11.7. The van der Waals surface area contributed by atoms with Crippen molar-refractivity contribution in [1.82, 2.24) is 4.98 Å². The van der Waals surface area contributed by atoms with E-state index in [4.69, 9.17) is 9.47 Å². The second-order valence-electron chi connectivity index (χ2n) is 3.63. The number of carbonyl (C=O) groups excluding carboxylic acids is 1. The molecule has 0 saturated carbocycles. The molecule has 2 rings (SSSR count). The second-order valence-corrected chi connectivity index (χ2v) is 3.63. The fourth-order valence-corrected chi connectivity index (χ4v) is 1.43. The third-order valence-corrected chi connectivity index (χ3v) is 2.40. The summed E-state index contributed by atoms with van der Waals surface area (Å²) in [4.78, 5) is 15.8. The SMILES string of the molecule is COc1ccc(C(=O)OCc2ccccn2)cc1. The first-order valence-corrected chi connectivity index (χ1v) is 5.50. The first kappa shape index (κ1) is 12.1. The Morgan fingerprint density at radius 1 is 1.17 bits per heavy atom. The van der Waals surface area contributed by atoms with E-state index in [1.54, 1.807) is 43.6 Å². The molecule has 0 fully saturated rings. The molecule has 0 aliphatic heterocycles. The van der Waals surface area contributed by atoms with Crippen LogP contribution < -0.4 is 4.74 Å². The maximum absolute atomic E-state index is 11.7. The third-order valence-electron chi connectivity index (χ3n) is 2.40. The molecule has 0 unspecified atom stereocenters. The van der Waals surface area contributed by atoms with Crippen LogP contribution in [0.1, 0.15) is 16.1 Å². The van der Waals surface area contributed by atoms with Crippen LogP contribution in [0, 0.1) is 0 Å². The van der Waals surface area contributed by atoms with Gasteiger partial charge in [0.1, 0.15) is 12.4 Å². The van der Waals surface area contributed by atoms with Crippen molar-refractivity contribution in [3.63, 3.8) is 0 Å². The number of ether oxygens (including phenoxy) is 2. The Bertz CT molecular complexity index is 508. The summed E-state index contributed by atoms with van der Waals surface area (Å²) in [6.45, 7) is 0.172. The molecular weight excluding hydrogens is 230 g/mol. The summed E-state index contributed by atoms with van der Waals surface area (Å²) < 4.78 is 10.2. The second kappa shape index (κ2) is 5.82. The molecule has 0 amide bonds. The quantitative estimate of drug-likeness (QED) is 0.774. The molecule has 1 aromatic heterocycles. The van der Waals surface area contributed by atoms with Crippen molar-refractivity contribution in [2.45, 2.75) is 6.61 Å². The van der Waals surface area contributed by atoms with Crippen LogP contribution in [-0.2, 0) is 11.3 Å². The molecule has 1 aromatic carbocycles. The lowest BCUT2D eigenvalue weighted by Gasteiger charge is -2.05. The Balaban J connectivity index is 1.95. The van der Waals surface area contributed by atoms with Crippen molar-refractivity contribution < 1.29 is 14.3 Å². The van der Waals surface area contributed by atoms with E-state index in [1.807, 2.05) is 12.1 Å². The van der Waals surface area contributed by atoms with Gasteiger partial charge in [0.05, 0.1) is 18.4 Å². The summed E-state index contributed by atoms with van der Waals surface area (Å²) in [6, 6.07) is 12.2. The average molecular weight is 243 g/mol. The van der Waals surface area contributed by atoms with Gasteiger partial charge in [0.2, 0.25) is 0 Å². The minimum Gasteiger partial charge on any atom is -0.497 e. The van der Waals surface area contributed by atoms with Gasteiger partial charge in [0.25, 0.3) is 0 Å². The lowest BCUT2D eigenvalue weighted by molar-refractivity contribution is 0.0467. The zero-order chi connectivity index (χ0) is 12.8. The highest BCUT2D eigenvalue weighted by Crippen LogP contribution is 2.12. The number of hydrogen-bond donors (Lipinski definition) is 0. The summed E-state index contributed by atoms with van der Waals surface area (Å²) in [5.74, 6) is 0.333. The number of carbonyl (C=O) groups is 1. The number of nitrogens with zero attached hydrogens (tertiary/aromatic N) is 1. The van der Waals surface area contributed by atoms with E-state index in [-0.39, 0.29) is 12.6 Å². The Kier molecular flexibility index (Phi) is 3.91. The van der Waals surface area contributed by atoms with E-state index >= 15 is 0 Å². The van der Waals surface area contributed by atoms with E-state index in [0.717, 1.165) is 5.69 Å². The molecule has 0 aliphatic rings. The van der Waals surface area contributed by atoms with Crippen LogP contribution >= 0.6 is 0 Å². The predicted molar refractivity (Wildman–Crippen MR) is 66.4 cm³/mol. The van der Waals surface area contributed by atoms with Crippen molar-refractivity contribution in [2.24, 2.45) is 0 Å². The highest BCUT2D eigenvalue weighted by Gasteiger charge is 2.07. The Labute approximate surface area is 105 Å². The van der Waals surface area contributed by atoms with Crippen molar-refractivity contribution in [2.75, 3.05) is 7.11 Å². The zero-order valence-corrected chi connectivity index (χ0v) is 10.00. The van der Waals surface area contributed by atoms with Crippen LogP contribution in [0.25, 0.3) is 0 Å². The van der Waals surface area contributed by atoms with Crippen LogP contribution in [0.5, 0.6) is 5.75 Å². The normalized spacial score (nSPS) is 9.83. The monoisotopic (exact) mass is 243 g/mol. The maximum Gasteiger partial charge on any atom is 0.338 e. The van der Waals surface area contributed by atoms with E-state index in [9.17, 15) is 4.79 Å². The molecule has 0 N–H and O–H groups in total. The predicted octanol–water partition coefficient (Wildman–Crippen LogP) is 2.45. The zero-order valence-electron chi connectivity index (χ0n) is 10.00. The van der Waals surface area contributed by atoms with Gasteiger partial charge in [-0.15, -0.1) is 0 Å². The highest BCUT2D eigenvalue weighted by atomic mass is 16.5. The molecule has 4 heteroatoms. The van der Waals surface area contributed by atoms with Gasteiger partial charge in [-0.2, -0.15) is 0 Å². The van der Waals surface area contributed by atoms with Crippen LogP contribution in [0.4, 0.5) is 0 Å². The number of aromatic nitrogens is 1. The van der Waals surface area contributed by atoms with Gasteiger partial charge in [0, 0.05) is 6.20 Å². The van der Waals surface area contributed by atoms with Gasteiger partial charge < -0.3 is 9.47 Å². The van der Waals surface area contributed by atoms with Crippen LogP contribution in [0.2, 0.25) is 0 Å². The van der Waals surface area contributed by atoms with E-state index in [1.165, 1.54) is 0 Å². The first-order valence-electron chi connectivity index (χ1n) is 5.50. The molecule has 0 radical (unpaired) electrons. The Morgan fingerprint density at radius 2 is 1.94 bits per heavy atom. The number of pyridine rings is 1. The van der Waals surface area contributed by atoms with Crippen LogP contribution in [-0.4, -0.2) is 18.1 Å². The van der Waals surface area contributed by atoms with Gasteiger partial charge in [0.15, 0.2) is 0 Å².